The molecule has 1 unspecified atom stereocenters. The first-order valence-electron chi connectivity index (χ1n) is 6.42. The fraction of sp³-hybridized carbons (Fsp3) is 0.500. The molecular weight excluding hydrogens is 258 g/mol. The summed E-state index contributed by atoms with van der Waals surface area (Å²) < 4.78 is 1.09. The second kappa shape index (κ2) is 5.35. The van der Waals surface area contributed by atoms with Crippen molar-refractivity contribution in [2.75, 3.05) is 17.7 Å². The maximum atomic E-state index is 9.20. The first kappa shape index (κ1) is 14.1. The first-order valence-corrected chi connectivity index (χ1v) is 7.30. The van der Waals surface area contributed by atoms with Crippen LogP contribution >= 0.6 is 11.3 Å². The van der Waals surface area contributed by atoms with Crippen LogP contribution in [0.25, 0.3) is 10.2 Å². The third kappa shape index (κ3) is 2.98. The van der Waals surface area contributed by atoms with Crippen LogP contribution in [0.1, 0.15) is 27.2 Å². The Kier molecular flexibility index (Phi) is 3.96. The van der Waals surface area contributed by atoms with Gasteiger partial charge >= 0.3 is 0 Å². The van der Waals surface area contributed by atoms with Crippen LogP contribution < -0.4 is 11.1 Å². The molecule has 2 aromatic rings. The number of aromatic nitrogens is 1. The number of aliphatic hydroxyl groups excluding tert-OH is 1. The Hall–Kier alpha value is -1.33. The standard InChI is InChI=1S/C14H21N3OS/c1-14(2,3)11(6-7-18)17-9-4-5-10-13(12(9)15)16-8-19-10/h4-5,8,11,17-18H,6-7,15H2,1-3H3. The minimum atomic E-state index is 0.0478. The van der Waals surface area contributed by atoms with E-state index in [-0.39, 0.29) is 18.1 Å². The molecule has 2 rings (SSSR count). The summed E-state index contributed by atoms with van der Waals surface area (Å²) >= 11 is 1.59. The van der Waals surface area contributed by atoms with Gasteiger partial charge in [0.1, 0.15) is 5.52 Å². The SMILES string of the molecule is CC(C)(C)C(CCO)Nc1ccc2scnc2c1N. The second-order valence-corrected chi connectivity index (χ2v) is 6.69. The van der Waals surface area contributed by atoms with Crippen molar-refractivity contribution in [2.45, 2.75) is 33.2 Å². The smallest absolute Gasteiger partial charge is 0.106 e. The van der Waals surface area contributed by atoms with Crippen molar-refractivity contribution in [3.63, 3.8) is 0 Å². The van der Waals surface area contributed by atoms with Crippen molar-refractivity contribution in [1.82, 2.24) is 4.98 Å². The zero-order valence-electron chi connectivity index (χ0n) is 11.6. The van der Waals surface area contributed by atoms with E-state index in [4.69, 9.17) is 5.73 Å². The molecule has 4 nitrogen and oxygen atoms in total. The molecule has 0 saturated carbocycles. The number of fused-ring (bicyclic) bond motifs is 1. The summed E-state index contributed by atoms with van der Waals surface area (Å²) in [5.41, 5.74) is 10.5. The van der Waals surface area contributed by atoms with Gasteiger partial charge in [-0.25, -0.2) is 4.98 Å². The molecule has 0 saturated heterocycles. The second-order valence-electron chi connectivity index (χ2n) is 5.80. The number of nitrogens with one attached hydrogen (secondary N) is 1. The summed E-state index contributed by atoms with van der Waals surface area (Å²) in [7, 11) is 0. The van der Waals surface area contributed by atoms with Crippen LogP contribution in [0.4, 0.5) is 11.4 Å². The van der Waals surface area contributed by atoms with Gasteiger partial charge in [-0.15, -0.1) is 11.3 Å². The van der Waals surface area contributed by atoms with E-state index in [9.17, 15) is 5.11 Å². The Morgan fingerprint density at radius 2 is 2.16 bits per heavy atom. The lowest BCUT2D eigenvalue weighted by Gasteiger charge is -2.32. The third-order valence-corrected chi connectivity index (χ3v) is 4.13. The quantitative estimate of drug-likeness (QED) is 0.752. The van der Waals surface area contributed by atoms with E-state index in [0.717, 1.165) is 15.9 Å². The molecule has 1 atom stereocenters. The molecule has 4 N–H and O–H groups in total. The van der Waals surface area contributed by atoms with Gasteiger partial charge in [-0.3, -0.25) is 0 Å². The van der Waals surface area contributed by atoms with Crippen LogP contribution in [0.2, 0.25) is 0 Å². The normalized spacial score (nSPS) is 13.7. The summed E-state index contributed by atoms with van der Waals surface area (Å²) in [5.74, 6) is 0. The van der Waals surface area contributed by atoms with Gasteiger partial charge in [-0.1, -0.05) is 20.8 Å². The minimum Gasteiger partial charge on any atom is -0.396 e. The number of benzene rings is 1. The predicted octanol–water partition coefficient (Wildman–Crippen LogP) is 3.09. The lowest BCUT2D eigenvalue weighted by Crippen LogP contribution is -2.35. The third-order valence-electron chi connectivity index (χ3n) is 3.33. The summed E-state index contributed by atoms with van der Waals surface area (Å²) in [5, 5.41) is 12.7. The molecule has 0 aliphatic carbocycles. The van der Waals surface area contributed by atoms with Gasteiger partial charge in [0.2, 0.25) is 0 Å². The molecule has 0 amide bonds. The van der Waals surface area contributed by atoms with Crippen molar-refractivity contribution < 1.29 is 5.11 Å². The number of nitrogens with zero attached hydrogens (tertiary/aromatic N) is 1. The molecule has 1 aromatic heterocycles. The zero-order valence-corrected chi connectivity index (χ0v) is 12.4. The van der Waals surface area contributed by atoms with E-state index in [1.807, 2.05) is 12.1 Å². The zero-order chi connectivity index (χ0) is 14.0. The number of rotatable bonds is 4. The summed E-state index contributed by atoms with van der Waals surface area (Å²) in [6.45, 7) is 6.61. The molecule has 0 bridgehead atoms. The molecule has 19 heavy (non-hydrogen) atoms. The van der Waals surface area contributed by atoms with E-state index < -0.39 is 0 Å². The van der Waals surface area contributed by atoms with Crippen LogP contribution in [0.3, 0.4) is 0 Å². The molecule has 0 spiro atoms. The molecule has 0 aliphatic heterocycles. The number of nitrogen functional groups attached to an aromatic ring is 1. The largest absolute Gasteiger partial charge is 0.396 e. The molecule has 0 radical (unpaired) electrons. The van der Waals surface area contributed by atoms with Gasteiger partial charge in [0, 0.05) is 12.6 Å². The average molecular weight is 279 g/mol. The van der Waals surface area contributed by atoms with E-state index in [1.54, 1.807) is 16.8 Å². The monoisotopic (exact) mass is 279 g/mol. The van der Waals surface area contributed by atoms with Gasteiger partial charge in [-0.2, -0.15) is 0 Å². The summed E-state index contributed by atoms with van der Waals surface area (Å²) in [6, 6.07) is 4.19. The van der Waals surface area contributed by atoms with E-state index in [2.05, 4.69) is 31.1 Å². The van der Waals surface area contributed by atoms with Gasteiger partial charge in [-0.05, 0) is 24.0 Å². The molecule has 1 aromatic carbocycles. The van der Waals surface area contributed by atoms with E-state index in [1.165, 1.54) is 0 Å². The molecule has 104 valence electrons. The molecule has 5 heteroatoms. The number of thiazole rings is 1. The molecule has 0 aliphatic rings. The molecular formula is C14H21N3OS. The lowest BCUT2D eigenvalue weighted by atomic mass is 9.84. The van der Waals surface area contributed by atoms with E-state index in [0.29, 0.717) is 12.1 Å². The number of aliphatic hydroxyl groups is 1. The average Bonchev–Trinajstić information content (AvgIpc) is 2.79. The number of hydrogen-bond donors (Lipinski definition) is 3. The number of nitrogens with two attached hydrogens (primary N) is 1. The van der Waals surface area contributed by atoms with E-state index >= 15 is 0 Å². The minimum absolute atomic E-state index is 0.0478. The van der Waals surface area contributed by atoms with Crippen LogP contribution in [0.5, 0.6) is 0 Å². The Labute approximate surface area is 117 Å². The topological polar surface area (TPSA) is 71.2 Å². The highest BCUT2D eigenvalue weighted by atomic mass is 32.1. The Morgan fingerprint density at radius 1 is 1.42 bits per heavy atom. The van der Waals surface area contributed by atoms with Crippen LogP contribution in [0.15, 0.2) is 17.6 Å². The highest BCUT2D eigenvalue weighted by molar-refractivity contribution is 7.16. The van der Waals surface area contributed by atoms with Crippen molar-refractivity contribution >= 4 is 32.9 Å². The molecule has 1 heterocycles. The maximum Gasteiger partial charge on any atom is 0.106 e. The van der Waals surface area contributed by atoms with Crippen molar-refractivity contribution in [1.29, 1.82) is 0 Å². The summed E-state index contributed by atoms with van der Waals surface area (Å²) in [4.78, 5) is 4.30. The Balaban J connectivity index is 2.30. The molecule has 0 fully saturated rings. The van der Waals surface area contributed by atoms with Crippen LogP contribution in [-0.2, 0) is 0 Å². The van der Waals surface area contributed by atoms with Crippen molar-refractivity contribution in [2.24, 2.45) is 5.41 Å². The van der Waals surface area contributed by atoms with Gasteiger partial charge < -0.3 is 16.2 Å². The lowest BCUT2D eigenvalue weighted by molar-refractivity contribution is 0.235. The van der Waals surface area contributed by atoms with Crippen molar-refractivity contribution in [3.05, 3.63) is 17.6 Å². The number of hydrogen-bond acceptors (Lipinski definition) is 5. The maximum absolute atomic E-state index is 9.20. The fourth-order valence-electron chi connectivity index (χ4n) is 2.12. The number of anilines is 2. The van der Waals surface area contributed by atoms with Crippen LogP contribution in [0, 0.1) is 5.41 Å². The van der Waals surface area contributed by atoms with Crippen molar-refractivity contribution in [3.8, 4) is 0 Å². The van der Waals surface area contributed by atoms with Gasteiger partial charge in [0.05, 0.1) is 21.6 Å². The fourth-order valence-corrected chi connectivity index (χ4v) is 2.81. The van der Waals surface area contributed by atoms with Crippen LogP contribution in [-0.4, -0.2) is 22.7 Å². The summed E-state index contributed by atoms with van der Waals surface area (Å²) in [6.07, 6.45) is 0.693. The van der Waals surface area contributed by atoms with Gasteiger partial charge in [0.15, 0.2) is 0 Å². The highest BCUT2D eigenvalue weighted by Crippen LogP contribution is 2.33. The van der Waals surface area contributed by atoms with Gasteiger partial charge in [0.25, 0.3) is 0 Å². The Morgan fingerprint density at radius 3 is 2.79 bits per heavy atom. The Bertz CT molecular complexity index is 559. The highest BCUT2D eigenvalue weighted by Gasteiger charge is 2.24. The first-order chi connectivity index (χ1) is 8.93. The predicted molar refractivity (Wildman–Crippen MR) is 82.6 cm³/mol.